The van der Waals surface area contributed by atoms with Crippen molar-refractivity contribution in [1.29, 1.82) is 0 Å². The molecule has 0 unspecified atom stereocenters. The van der Waals surface area contributed by atoms with Crippen LogP contribution in [0, 0.1) is 6.92 Å². The van der Waals surface area contributed by atoms with Crippen molar-refractivity contribution in [3.05, 3.63) is 77.2 Å². The first-order valence-corrected chi connectivity index (χ1v) is 11.7. The third kappa shape index (κ3) is 4.13. The highest BCUT2D eigenvalue weighted by Gasteiger charge is 2.24. The fourth-order valence-electron chi connectivity index (χ4n) is 4.78. The number of allylic oxidation sites excluding steroid dienone is 1. The second kappa shape index (κ2) is 8.77. The van der Waals surface area contributed by atoms with Crippen LogP contribution in [0.15, 0.2) is 60.3 Å². The van der Waals surface area contributed by atoms with Crippen LogP contribution in [0.5, 0.6) is 0 Å². The van der Waals surface area contributed by atoms with Crippen LogP contribution in [0.4, 0.5) is 5.69 Å². The number of rotatable bonds is 5. The molecule has 33 heavy (non-hydrogen) atoms. The zero-order valence-corrected chi connectivity index (χ0v) is 19.7. The van der Waals surface area contributed by atoms with Crippen LogP contribution >= 0.6 is 0 Å². The molecule has 2 aliphatic rings. The lowest BCUT2D eigenvalue weighted by Crippen LogP contribution is -2.46. The van der Waals surface area contributed by atoms with Crippen LogP contribution in [0.3, 0.4) is 0 Å². The molecule has 170 valence electrons. The molecule has 1 amide bonds. The number of anilines is 1. The van der Waals surface area contributed by atoms with Crippen LogP contribution in [-0.2, 0) is 6.54 Å². The summed E-state index contributed by atoms with van der Waals surface area (Å²) < 4.78 is 2.09. The molecule has 3 aromatic rings. The molecule has 0 bridgehead atoms. The Morgan fingerprint density at radius 3 is 2.52 bits per heavy atom. The monoisotopic (exact) mass is 441 g/mol. The van der Waals surface area contributed by atoms with Gasteiger partial charge >= 0.3 is 0 Å². The Hall–Kier alpha value is -3.54. The minimum absolute atomic E-state index is 0.0606. The van der Waals surface area contributed by atoms with E-state index in [-0.39, 0.29) is 5.91 Å². The van der Waals surface area contributed by atoms with Gasteiger partial charge in [-0.05, 0) is 49.8 Å². The summed E-state index contributed by atoms with van der Waals surface area (Å²) in [4.78, 5) is 19.4. The van der Waals surface area contributed by atoms with Gasteiger partial charge in [0.25, 0.3) is 5.91 Å². The quantitative estimate of drug-likeness (QED) is 0.597. The van der Waals surface area contributed by atoms with Crippen molar-refractivity contribution < 1.29 is 4.79 Å². The van der Waals surface area contributed by atoms with Crippen LogP contribution in [0.25, 0.3) is 17.2 Å². The van der Waals surface area contributed by atoms with Crippen molar-refractivity contribution in [1.82, 2.24) is 19.6 Å². The maximum atomic E-state index is 12.7. The molecule has 1 saturated heterocycles. The van der Waals surface area contributed by atoms with Crippen LogP contribution in [-0.4, -0.2) is 65.3 Å². The van der Waals surface area contributed by atoms with Gasteiger partial charge in [0.1, 0.15) is 0 Å². The highest BCUT2D eigenvalue weighted by Crippen LogP contribution is 2.33. The van der Waals surface area contributed by atoms with Crippen molar-refractivity contribution in [2.75, 3.05) is 44.7 Å². The van der Waals surface area contributed by atoms with Crippen LogP contribution in [0.2, 0.25) is 0 Å². The number of amides is 1. The summed E-state index contributed by atoms with van der Waals surface area (Å²) in [6.45, 7) is 9.51. The first kappa shape index (κ1) is 21.3. The fourth-order valence-corrected chi connectivity index (χ4v) is 4.78. The first-order chi connectivity index (χ1) is 16.0. The Kier molecular flexibility index (Phi) is 5.67. The molecule has 3 heterocycles. The SMILES string of the molecule is CCN(C)C(=O)c1cccc(-c2ccccc2N2CCN(C3=Cc4cc(C)nn4C3)CC2)c1. The van der Waals surface area contributed by atoms with Gasteiger partial charge in [0.2, 0.25) is 0 Å². The zero-order valence-electron chi connectivity index (χ0n) is 19.7. The smallest absolute Gasteiger partial charge is 0.253 e. The highest BCUT2D eigenvalue weighted by molar-refractivity contribution is 5.96. The Bertz CT molecular complexity index is 1200. The van der Waals surface area contributed by atoms with Crippen molar-refractivity contribution in [3.63, 3.8) is 0 Å². The summed E-state index contributed by atoms with van der Waals surface area (Å²) >= 11 is 0. The van der Waals surface area contributed by atoms with Gasteiger partial charge < -0.3 is 14.7 Å². The number of aryl methyl sites for hydroxylation is 1. The van der Waals surface area contributed by atoms with Gasteiger partial charge in [-0.3, -0.25) is 9.48 Å². The molecule has 6 heteroatoms. The minimum atomic E-state index is 0.0606. The molecule has 1 aromatic heterocycles. The van der Waals surface area contributed by atoms with E-state index in [1.807, 2.05) is 39.1 Å². The first-order valence-electron chi connectivity index (χ1n) is 11.7. The normalized spacial score (nSPS) is 15.4. The van der Waals surface area contributed by atoms with E-state index in [1.54, 1.807) is 4.90 Å². The Labute approximate surface area is 195 Å². The van der Waals surface area contributed by atoms with Gasteiger partial charge in [-0.1, -0.05) is 30.3 Å². The molecular formula is C27H31N5O. The third-order valence-corrected chi connectivity index (χ3v) is 6.73. The number of carbonyl (C=O) groups is 1. The predicted molar refractivity (Wildman–Crippen MR) is 133 cm³/mol. The lowest BCUT2D eigenvalue weighted by atomic mass is 10.00. The molecule has 0 saturated carbocycles. The Morgan fingerprint density at radius 1 is 1.00 bits per heavy atom. The average Bonchev–Trinajstić information content (AvgIpc) is 3.41. The molecule has 2 aromatic carbocycles. The maximum absolute atomic E-state index is 12.7. The van der Waals surface area contributed by atoms with Crippen molar-refractivity contribution in [2.45, 2.75) is 20.4 Å². The summed E-state index contributed by atoms with van der Waals surface area (Å²) in [6, 6.07) is 18.7. The number of carbonyl (C=O) groups excluding carboxylic acids is 1. The highest BCUT2D eigenvalue weighted by atomic mass is 16.2. The second-order valence-electron chi connectivity index (χ2n) is 8.90. The molecule has 1 fully saturated rings. The van der Waals surface area contributed by atoms with Gasteiger partial charge in [0.15, 0.2) is 0 Å². The molecule has 5 rings (SSSR count). The van der Waals surface area contributed by atoms with E-state index in [0.29, 0.717) is 6.54 Å². The fraction of sp³-hybridized carbons (Fsp3) is 0.333. The lowest BCUT2D eigenvalue weighted by Gasteiger charge is -2.38. The number of fused-ring (bicyclic) bond motifs is 1. The molecule has 0 radical (unpaired) electrons. The zero-order chi connectivity index (χ0) is 22.9. The van der Waals surface area contributed by atoms with E-state index in [0.717, 1.165) is 49.5 Å². The van der Waals surface area contributed by atoms with E-state index in [4.69, 9.17) is 0 Å². The minimum Gasteiger partial charge on any atom is -0.370 e. The topological polar surface area (TPSA) is 44.6 Å². The Morgan fingerprint density at radius 2 is 1.76 bits per heavy atom. The van der Waals surface area contributed by atoms with E-state index in [2.05, 4.69) is 62.1 Å². The van der Waals surface area contributed by atoms with Gasteiger partial charge in [0.05, 0.1) is 17.9 Å². The summed E-state index contributed by atoms with van der Waals surface area (Å²) in [7, 11) is 1.84. The molecule has 6 nitrogen and oxygen atoms in total. The van der Waals surface area contributed by atoms with Gasteiger partial charge in [0, 0.05) is 62.3 Å². The molecule has 0 spiro atoms. The number of piperazine rings is 1. The number of benzene rings is 2. The molecular weight excluding hydrogens is 410 g/mol. The third-order valence-electron chi connectivity index (χ3n) is 6.73. The number of hydrogen-bond acceptors (Lipinski definition) is 4. The maximum Gasteiger partial charge on any atom is 0.253 e. The number of nitrogens with zero attached hydrogens (tertiary/aromatic N) is 5. The predicted octanol–water partition coefficient (Wildman–Crippen LogP) is 4.13. The van der Waals surface area contributed by atoms with Gasteiger partial charge in [-0.25, -0.2) is 0 Å². The summed E-state index contributed by atoms with van der Waals surface area (Å²) in [5.41, 5.74) is 7.87. The van der Waals surface area contributed by atoms with Crippen molar-refractivity contribution >= 4 is 17.7 Å². The van der Waals surface area contributed by atoms with Crippen molar-refractivity contribution in [3.8, 4) is 11.1 Å². The van der Waals surface area contributed by atoms with E-state index in [9.17, 15) is 4.79 Å². The second-order valence-corrected chi connectivity index (χ2v) is 8.90. The number of para-hydroxylation sites is 1. The Balaban J connectivity index is 1.33. The summed E-state index contributed by atoms with van der Waals surface area (Å²) in [5, 5.41) is 4.58. The largest absolute Gasteiger partial charge is 0.370 e. The molecule has 0 N–H and O–H groups in total. The summed E-state index contributed by atoms with van der Waals surface area (Å²) in [5.74, 6) is 0.0606. The van der Waals surface area contributed by atoms with E-state index >= 15 is 0 Å². The van der Waals surface area contributed by atoms with Crippen LogP contribution < -0.4 is 4.90 Å². The van der Waals surface area contributed by atoms with E-state index < -0.39 is 0 Å². The molecule has 0 atom stereocenters. The molecule has 0 aliphatic carbocycles. The lowest BCUT2D eigenvalue weighted by molar-refractivity contribution is 0.0802. The van der Waals surface area contributed by atoms with E-state index in [1.165, 1.54) is 22.6 Å². The van der Waals surface area contributed by atoms with Gasteiger partial charge in [-0.15, -0.1) is 0 Å². The number of aromatic nitrogens is 2. The molecule has 2 aliphatic heterocycles. The van der Waals surface area contributed by atoms with Crippen LogP contribution in [0.1, 0.15) is 28.7 Å². The summed E-state index contributed by atoms with van der Waals surface area (Å²) in [6.07, 6.45) is 2.28. The van der Waals surface area contributed by atoms with Gasteiger partial charge in [-0.2, -0.15) is 5.10 Å². The average molecular weight is 442 g/mol. The number of hydrogen-bond donors (Lipinski definition) is 0. The standard InChI is InChI=1S/C27H31N5O/c1-4-29(3)27(33)22-9-7-8-21(17-22)25-10-5-6-11-26(25)31-14-12-30(13-15-31)24-18-23-16-20(2)28-32(23)19-24/h5-11,16-18H,4,12-15,19H2,1-3H3. The van der Waals surface area contributed by atoms with Crippen molar-refractivity contribution in [2.24, 2.45) is 0 Å².